The van der Waals surface area contributed by atoms with Gasteiger partial charge in [-0.3, -0.25) is 19.5 Å². The Labute approximate surface area is 159 Å². The maximum Gasteiger partial charge on any atom is 0.254 e. The predicted molar refractivity (Wildman–Crippen MR) is 99.0 cm³/mol. The lowest BCUT2D eigenvalue weighted by atomic mass is 10.00. The van der Waals surface area contributed by atoms with Gasteiger partial charge in [0.2, 0.25) is 5.91 Å². The number of pyridine rings is 1. The number of hydrogen-bond acceptors (Lipinski definition) is 6. The summed E-state index contributed by atoms with van der Waals surface area (Å²) in [5, 5.41) is 2.87. The summed E-state index contributed by atoms with van der Waals surface area (Å²) in [4.78, 5) is 33.0. The van der Waals surface area contributed by atoms with E-state index >= 15 is 0 Å². The van der Waals surface area contributed by atoms with E-state index in [1.807, 2.05) is 11.0 Å². The summed E-state index contributed by atoms with van der Waals surface area (Å²) < 4.78 is 11.2. The van der Waals surface area contributed by atoms with Gasteiger partial charge in [0.05, 0.1) is 12.6 Å². The highest BCUT2D eigenvalue weighted by Gasteiger charge is 2.39. The highest BCUT2D eigenvalue weighted by atomic mass is 16.5. The van der Waals surface area contributed by atoms with Crippen LogP contribution in [0.3, 0.4) is 0 Å². The Balaban J connectivity index is 1.56. The molecule has 0 aromatic carbocycles. The molecule has 2 atom stereocenters. The third-order valence-electron chi connectivity index (χ3n) is 4.88. The first kappa shape index (κ1) is 19.7. The topological polar surface area (TPSA) is 84.0 Å². The fourth-order valence-corrected chi connectivity index (χ4v) is 3.40. The molecule has 148 valence electrons. The van der Waals surface area contributed by atoms with Gasteiger partial charge < -0.3 is 19.7 Å². The number of nitrogens with one attached hydrogen (secondary N) is 1. The highest BCUT2D eigenvalue weighted by molar-refractivity contribution is 5.86. The van der Waals surface area contributed by atoms with Crippen molar-refractivity contribution in [1.82, 2.24) is 20.1 Å². The SMILES string of the molecule is CCCOCCN1CCN(C(=O)[C@H]2OCC(=O)N[C@@H]2c2cccnc2)CC1. The van der Waals surface area contributed by atoms with Gasteiger partial charge in [0.1, 0.15) is 6.61 Å². The second-order valence-corrected chi connectivity index (χ2v) is 6.84. The van der Waals surface area contributed by atoms with Gasteiger partial charge in [-0.05, 0) is 18.1 Å². The molecule has 0 saturated carbocycles. The summed E-state index contributed by atoms with van der Waals surface area (Å²) in [6.07, 6.45) is 3.63. The van der Waals surface area contributed by atoms with Crippen LogP contribution >= 0.6 is 0 Å². The first-order valence-corrected chi connectivity index (χ1v) is 9.59. The minimum atomic E-state index is -0.716. The first-order chi connectivity index (χ1) is 13.2. The number of nitrogens with zero attached hydrogens (tertiary/aromatic N) is 3. The number of morpholine rings is 1. The lowest BCUT2D eigenvalue weighted by molar-refractivity contribution is -0.156. The monoisotopic (exact) mass is 376 g/mol. The maximum absolute atomic E-state index is 13.0. The molecule has 8 nitrogen and oxygen atoms in total. The molecule has 8 heteroatoms. The van der Waals surface area contributed by atoms with Gasteiger partial charge in [-0.25, -0.2) is 0 Å². The van der Waals surface area contributed by atoms with Crippen molar-refractivity contribution < 1.29 is 19.1 Å². The van der Waals surface area contributed by atoms with E-state index in [1.54, 1.807) is 18.5 Å². The van der Waals surface area contributed by atoms with E-state index in [0.717, 1.165) is 44.8 Å². The summed E-state index contributed by atoms with van der Waals surface area (Å²) >= 11 is 0. The maximum atomic E-state index is 13.0. The van der Waals surface area contributed by atoms with Crippen molar-refractivity contribution in [1.29, 1.82) is 0 Å². The Morgan fingerprint density at radius 2 is 2.15 bits per heavy atom. The van der Waals surface area contributed by atoms with Crippen molar-refractivity contribution in [3.63, 3.8) is 0 Å². The van der Waals surface area contributed by atoms with E-state index < -0.39 is 12.1 Å². The zero-order valence-electron chi connectivity index (χ0n) is 15.8. The zero-order chi connectivity index (χ0) is 19.1. The molecule has 0 unspecified atom stereocenters. The quantitative estimate of drug-likeness (QED) is 0.685. The molecule has 1 aromatic rings. The molecule has 0 radical (unpaired) electrons. The van der Waals surface area contributed by atoms with Gasteiger partial charge >= 0.3 is 0 Å². The van der Waals surface area contributed by atoms with Crippen molar-refractivity contribution in [3.8, 4) is 0 Å². The van der Waals surface area contributed by atoms with E-state index in [0.29, 0.717) is 13.1 Å². The molecule has 2 aliphatic rings. The Morgan fingerprint density at radius 3 is 2.85 bits per heavy atom. The minimum absolute atomic E-state index is 0.0780. The molecule has 2 aliphatic heterocycles. The molecule has 1 aromatic heterocycles. The number of piperazine rings is 1. The molecule has 1 N–H and O–H groups in total. The molecule has 0 bridgehead atoms. The lowest BCUT2D eigenvalue weighted by Crippen LogP contribution is -2.57. The summed E-state index contributed by atoms with van der Waals surface area (Å²) in [7, 11) is 0. The van der Waals surface area contributed by atoms with Crippen LogP contribution in [0.5, 0.6) is 0 Å². The normalized spacial score (nSPS) is 23.9. The first-order valence-electron chi connectivity index (χ1n) is 9.59. The van der Waals surface area contributed by atoms with E-state index in [2.05, 4.69) is 22.1 Å². The Kier molecular flexibility index (Phi) is 7.14. The van der Waals surface area contributed by atoms with Crippen LogP contribution in [-0.4, -0.2) is 85.2 Å². The number of ether oxygens (including phenoxy) is 2. The van der Waals surface area contributed by atoms with Gasteiger partial charge in [0, 0.05) is 51.7 Å². The van der Waals surface area contributed by atoms with Gasteiger partial charge in [0.15, 0.2) is 6.10 Å². The van der Waals surface area contributed by atoms with E-state index in [4.69, 9.17) is 9.47 Å². The Hall–Kier alpha value is -2.03. The fourth-order valence-electron chi connectivity index (χ4n) is 3.40. The lowest BCUT2D eigenvalue weighted by Gasteiger charge is -2.39. The molecule has 27 heavy (non-hydrogen) atoms. The number of carbonyl (C=O) groups excluding carboxylic acids is 2. The van der Waals surface area contributed by atoms with Crippen LogP contribution in [0.15, 0.2) is 24.5 Å². The van der Waals surface area contributed by atoms with Gasteiger partial charge in [0.25, 0.3) is 5.91 Å². The molecule has 2 amide bonds. The average Bonchev–Trinajstić information content (AvgIpc) is 2.72. The zero-order valence-corrected chi connectivity index (χ0v) is 15.8. The number of carbonyl (C=O) groups is 2. The number of amides is 2. The van der Waals surface area contributed by atoms with E-state index in [-0.39, 0.29) is 18.4 Å². The molecule has 2 saturated heterocycles. The second-order valence-electron chi connectivity index (χ2n) is 6.84. The van der Waals surface area contributed by atoms with Crippen molar-refractivity contribution in [2.24, 2.45) is 0 Å². The second kappa shape index (κ2) is 9.77. The summed E-state index contributed by atoms with van der Waals surface area (Å²) in [6.45, 7) is 7.34. The predicted octanol–water partition coefficient (Wildman–Crippen LogP) is 0.209. The number of aromatic nitrogens is 1. The van der Waals surface area contributed by atoms with Crippen LogP contribution in [0.4, 0.5) is 0 Å². The van der Waals surface area contributed by atoms with Gasteiger partial charge in [-0.15, -0.1) is 0 Å². The molecule has 3 rings (SSSR count). The summed E-state index contributed by atoms with van der Waals surface area (Å²) in [6, 6.07) is 3.13. The highest BCUT2D eigenvalue weighted by Crippen LogP contribution is 2.24. The van der Waals surface area contributed by atoms with Crippen LogP contribution in [-0.2, 0) is 19.1 Å². The van der Waals surface area contributed by atoms with Crippen molar-refractivity contribution in [2.45, 2.75) is 25.5 Å². The molecule has 2 fully saturated rings. The smallest absolute Gasteiger partial charge is 0.254 e. The van der Waals surface area contributed by atoms with E-state index in [1.165, 1.54) is 0 Å². The van der Waals surface area contributed by atoms with Crippen molar-refractivity contribution in [3.05, 3.63) is 30.1 Å². The van der Waals surface area contributed by atoms with Crippen LogP contribution in [0.1, 0.15) is 24.9 Å². The van der Waals surface area contributed by atoms with Crippen LogP contribution < -0.4 is 5.32 Å². The molecular formula is C19H28N4O4. The van der Waals surface area contributed by atoms with Crippen molar-refractivity contribution in [2.75, 3.05) is 52.5 Å². The third kappa shape index (κ3) is 5.24. The van der Waals surface area contributed by atoms with Crippen molar-refractivity contribution >= 4 is 11.8 Å². The standard InChI is InChI=1S/C19H28N4O4/c1-2-11-26-12-10-22-6-8-23(9-7-22)19(25)18-17(21-16(24)14-27-18)15-4-3-5-20-13-15/h3-5,13,17-18H,2,6-12,14H2,1H3,(H,21,24)/t17-,18+/m1/s1. The Morgan fingerprint density at radius 1 is 1.33 bits per heavy atom. The Bertz CT molecular complexity index is 619. The number of hydrogen-bond donors (Lipinski definition) is 1. The molecule has 0 aliphatic carbocycles. The van der Waals surface area contributed by atoms with Gasteiger partial charge in [-0.2, -0.15) is 0 Å². The fraction of sp³-hybridized carbons (Fsp3) is 0.632. The molecule has 3 heterocycles. The largest absolute Gasteiger partial charge is 0.380 e. The number of rotatable bonds is 7. The summed E-state index contributed by atoms with van der Waals surface area (Å²) in [5.74, 6) is -0.296. The van der Waals surface area contributed by atoms with Crippen LogP contribution in [0.2, 0.25) is 0 Å². The van der Waals surface area contributed by atoms with Crippen LogP contribution in [0, 0.1) is 0 Å². The summed E-state index contributed by atoms with van der Waals surface area (Å²) in [5.41, 5.74) is 0.774. The molecule has 0 spiro atoms. The van der Waals surface area contributed by atoms with Gasteiger partial charge in [-0.1, -0.05) is 13.0 Å². The van der Waals surface area contributed by atoms with E-state index in [9.17, 15) is 9.59 Å². The van der Waals surface area contributed by atoms with Crippen LogP contribution in [0.25, 0.3) is 0 Å². The minimum Gasteiger partial charge on any atom is -0.380 e. The third-order valence-corrected chi connectivity index (χ3v) is 4.88. The average molecular weight is 376 g/mol. The molecular weight excluding hydrogens is 348 g/mol.